The minimum absolute atomic E-state index is 0.0952. The molecule has 0 aliphatic carbocycles. The molecule has 0 radical (unpaired) electrons. The largest absolute Gasteiger partial charge is 0.462 e. The minimum Gasteiger partial charge on any atom is -0.462 e. The molecule has 316 valence electrons. The summed E-state index contributed by atoms with van der Waals surface area (Å²) >= 11 is 0. The van der Waals surface area contributed by atoms with Crippen molar-refractivity contribution in [1.29, 1.82) is 0 Å². The van der Waals surface area contributed by atoms with Crippen LogP contribution in [0.5, 0.6) is 0 Å². The van der Waals surface area contributed by atoms with Gasteiger partial charge in [0.25, 0.3) is 0 Å². The van der Waals surface area contributed by atoms with Crippen LogP contribution in [-0.2, 0) is 28.6 Å². The summed E-state index contributed by atoms with van der Waals surface area (Å²) in [6, 6.07) is 0. The lowest BCUT2D eigenvalue weighted by molar-refractivity contribution is -0.167. The number of unbranched alkanes of at least 4 members (excludes halogenated alkanes) is 19. The molecule has 0 amide bonds. The maximum Gasteiger partial charge on any atom is 0.306 e. The Labute approximate surface area is 339 Å². The standard InChI is InChI=1S/C49H84O6/c1-4-7-10-13-16-19-21-23-25-27-30-33-36-39-42-48(51)54-45-46(44-53-47(50)41-38-35-32-29-18-15-12-9-6-3)55-49(52)43-40-37-34-31-28-26-24-22-20-17-14-11-8-5-2/h7,9-10,12,16,18-19,23,25,29,46H,4-6,8,11,13-15,17,20-22,24,26-28,30-45H2,1-3H3/b10-7-,12-9-,19-16-,25-23-,29-18-. The molecule has 0 aromatic heterocycles. The van der Waals surface area contributed by atoms with Crippen LogP contribution in [0.15, 0.2) is 60.8 Å². The molecular formula is C49H84O6. The van der Waals surface area contributed by atoms with Crippen LogP contribution in [0.3, 0.4) is 0 Å². The van der Waals surface area contributed by atoms with Crippen molar-refractivity contribution in [2.24, 2.45) is 0 Å². The molecule has 6 heteroatoms. The van der Waals surface area contributed by atoms with E-state index in [1.165, 1.54) is 70.6 Å². The van der Waals surface area contributed by atoms with Crippen molar-refractivity contribution in [2.45, 2.75) is 219 Å². The highest BCUT2D eigenvalue weighted by Crippen LogP contribution is 2.14. The number of esters is 3. The Morgan fingerprint density at radius 1 is 0.382 bits per heavy atom. The monoisotopic (exact) mass is 769 g/mol. The average molecular weight is 769 g/mol. The second kappa shape index (κ2) is 43.8. The van der Waals surface area contributed by atoms with Crippen LogP contribution in [0.1, 0.15) is 213 Å². The number of carbonyl (C=O) groups excluding carboxylic acids is 3. The number of hydrogen-bond acceptors (Lipinski definition) is 6. The second-order valence-corrected chi connectivity index (χ2v) is 14.9. The molecule has 0 heterocycles. The lowest BCUT2D eigenvalue weighted by Gasteiger charge is -2.18. The molecule has 0 bridgehead atoms. The Morgan fingerprint density at radius 2 is 0.709 bits per heavy atom. The molecule has 0 saturated heterocycles. The van der Waals surface area contributed by atoms with Crippen LogP contribution < -0.4 is 0 Å². The van der Waals surface area contributed by atoms with E-state index in [9.17, 15) is 14.4 Å². The van der Waals surface area contributed by atoms with E-state index >= 15 is 0 Å². The van der Waals surface area contributed by atoms with Gasteiger partial charge >= 0.3 is 17.9 Å². The van der Waals surface area contributed by atoms with E-state index in [0.29, 0.717) is 19.3 Å². The zero-order valence-electron chi connectivity index (χ0n) is 35.9. The van der Waals surface area contributed by atoms with Crippen LogP contribution in [0, 0.1) is 0 Å². The van der Waals surface area contributed by atoms with E-state index in [1.807, 2.05) is 0 Å². The van der Waals surface area contributed by atoms with Crippen molar-refractivity contribution in [2.75, 3.05) is 13.2 Å². The first-order valence-corrected chi connectivity index (χ1v) is 22.8. The fourth-order valence-corrected chi connectivity index (χ4v) is 6.14. The van der Waals surface area contributed by atoms with Crippen molar-refractivity contribution < 1.29 is 28.6 Å². The van der Waals surface area contributed by atoms with Crippen molar-refractivity contribution in [3.63, 3.8) is 0 Å². The van der Waals surface area contributed by atoms with Crippen molar-refractivity contribution in [1.82, 2.24) is 0 Å². The highest BCUT2D eigenvalue weighted by Gasteiger charge is 2.19. The number of allylic oxidation sites excluding steroid dienone is 10. The molecule has 0 spiro atoms. The van der Waals surface area contributed by atoms with E-state index < -0.39 is 6.10 Å². The Kier molecular flexibility index (Phi) is 41.5. The van der Waals surface area contributed by atoms with Gasteiger partial charge in [-0.25, -0.2) is 0 Å². The lowest BCUT2D eigenvalue weighted by Crippen LogP contribution is -2.30. The molecule has 0 rings (SSSR count). The number of carbonyl (C=O) groups is 3. The fourth-order valence-electron chi connectivity index (χ4n) is 6.14. The Bertz CT molecular complexity index is 1020. The van der Waals surface area contributed by atoms with E-state index in [0.717, 1.165) is 103 Å². The van der Waals surface area contributed by atoms with Gasteiger partial charge in [0.15, 0.2) is 6.10 Å². The van der Waals surface area contributed by atoms with Gasteiger partial charge in [0.1, 0.15) is 13.2 Å². The van der Waals surface area contributed by atoms with E-state index in [-0.39, 0.29) is 31.1 Å². The number of hydrogen-bond donors (Lipinski definition) is 0. The quantitative estimate of drug-likeness (QED) is 0.0267. The summed E-state index contributed by atoms with van der Waals surface area (Å²) in [6.07, 6.45) is 52.1. The van der Waals surface area contributed by atoms with Crippen molar-refractivity contribution in [3.05, 3.63) is 60.8 Å². The van der Waals surface area contributed by atoms with Crippen LogP contribution in [-0.4, -0.2) is 37.2 Å². The van der Waals surface area contributed by atoms with Crippen LogP contribution >= 0.6 is 0 Å². The van der Waals surface area contributed by atoms with Gasteiger partial charge < -0.3 is 14.2 Å². The first kappa shape index (κ1) is 52.1. The molecule has 0 aliphatic heterocycles. The molecule has 0 fully saturated rings. The zero-order valence-corrected chi connectivity index (χ0v) is 35.9. The maximum absolute atomic E-state index is 12.7. The lowest BCUT2D eigenvalue weighted by atomic mass is 10.0. The molecule has 0 saturated carbocycles. The summed E-state index contributed by atoms with van der Waals surface area (Å²) in [7, 11) is 0. The van der Waals surface area contributed by atoms with Gasteiger partial charge in [0, 0.05) is 19.3 Å². The molecule has 1 unspecified atom stereocenters. The van der Waals surface area contributed by atoms with Gasteiger partial charge in [-0.15, -0.1) is 0 Å². The van der Waals surface area contributed by atoms with Crippen LogP contribution in [0.25, 0.3) is 0 Å². The minimum atomic E-state index is -0.791. The van der Waals surface area contributed by atoms with E-state index in [1.54, 1.807) is 0 Å². The maximum atomic E-state index is 12.7. The number of ether oxygens (including phenoxy) is 3. The molecule has 6 nitrogen and oxygen atoms in total. The topological polar surface area (TPSA) is 78.9 Å². The summed E-state index contributed by atoms with van der Waals surface area (Å²) < 4.78 is 16.6. The Morgan fingerprint density at radius 3 is 1.15 bits per heavy atom. The smallest absolute Gasteiger partial charge is 0.306 e. The molecule has 0 N–H and O–H groups in total. The third-order valence-electron chi connectivity index (χ3n) is 9.52. The third-order valence-corrected chi connectivity index (χ3v) is 9.52. The van der Waals surface area contributed by atoms with Gasteiger partial charge in [0.05, 0.1) is 0 Å². The molecule has 55 heavy (non-hydrogen) atoms. The molecule has 0 aromatic carbocycles. The SMILES string of the molecule is CC/C=C\C/C=C\C/C=C\CCCCCCC(=O)OCC(COC(=O)CCCC/C=C\C/C=C\CC)OC(=O)CCCCCCCCCCCCCCCC. The van der Waals surface area contributed by atoms with Crippen molar-refractivity contribution >= 4 is 17.9 Å². The third kappa shape index (κ3) is 42.1. The highest BCUT2D eigenvalue weighted by molar-refractivity contribution is 5.71. The fraction of sp³-hybridized carbons (Fsp3) is 0.735. The van der Waals surface area contributed by atoms with Gasteiger partial charge in [-0.1, -0.05) is 178 Å². The predicted molar refractivity (Wildman–Crippen MR) is 233 cm³/mol. The van der Waals surface area contributed by atoms with E-state index in [4.69, 9.17) is 14.2 Å². The molecular weight excluding hydrogens is 685 g/mol. The highest BCUT2D eigenvalue weighted by atomic mass is 16.6. The number of rotatable bonds is 40. The molecule has 0 aliphatic rings. The van der Waals surface area contributed by atoms with E-state index in [2.05, 4.69) is 81.5 Å². The first-order valence-electron chi connectivity index (χ1n) is 22.8. The average Bonchev–Trinajstić information content (AvgIpc) is 3.18. The summed E-state index contributed by atoms with van der Waals surface area (Å²) in [6.45, 7) is 6.34. The zero-order chi connectivity index (χ0) is 40.1. The Hall–Kier alpha value is -2.89. The summed E-state index contributed by atoms with van der Waals surface area (Å²) in [5.41, 5.74) is 0. The normalized spacial score (nSPS) is 12.6. The Balaban J connectivity index is 4.41. The van der Waals surface area contributed by atoms with Gasteiger partial charge in [0.2, 0.25) is 0 Å². The second-order valence-electron chi connectivity index (χ2n) is 14.9. The summed E-state index contributed by atoms with van der Waals surface area (Å²) in [5, 5.41) is 0. The van der Waals surface area contributed by atoms with Gasteiger partial charge in [-0.05, 0) is 77.0 Å². The van der Waals surface area contributed by atoms with Crippen LogP contribution in [0.4, 0.5) is 0 Å². The summed E-state index contributed by atoms with van der Waals surface area (Å²) in [4.78, 5) is 37.7. The predicted octanol–water partition coefficient (Wildman–Crippen LogP) is 14.5. The summed E-state index contributed by atoms with van der Waals surface area (Å²) in [5.74, 6) is -0.954. The molecule has 0 aromatic rings. The molecule has 1 atom stereocenters. The van der Waals surface area contributed by atoms with Crippen molar-refractivity contribution in [3.8, 4) is 0 Å². The van der Waals surface area contributed by atoms with Crippen LogP contribution in [0.2, 0.25) is 0 Å². The van der Waals surface area contributed by atoms with Gasteiger partial charge in [-0.2, -0.15) is 0 Å². The van der Waals surface area contributed by atoms with Gasteiger partial charge in [-0.3, -0.25) is 14.4 Å². The first-order chi connectivity index (χ1) is 27.0.